The van der Waals surface area contributed by atoms with Gasteiger partial charge < -0.3 is 4.74 Å². The molecule has 0 rings (SSSR count). The average Bonchev–Trinajstić information content (AvgIpc) is 1.98. The summed E-state index contributed by atoms with van der Waals surface area (Å²) in [6.45, 7) is 5.34. The lowest BCUT2D eigenvalue weighted by molar-refractivity contribution is 0.189. The molecule has 0 heterocycles. The fourth-order valence-corrected chi connectivity index (χ4v) is 0.371. The van der Waals surface area contributed by atoms with Crippen molar-refractivity contribution >= 4 is 0 Å². The van der Waals surface area contributed by atoms with E-state index in [-0.39, 0.29) is 12.7 Å². The molecule has 1 unspecified atom stereocenters. The highest BCUT2D eigenvalue weighted by atomic mass is 16.5. The van der Waals surface area contributed by atoms with E-state index in [2.05, 4.69) is 6.58 Å². The molecule has 1 atom stereocenters. The molecule has 0 N–H and O–H groups in total. The molecule has 0 aliphatic carbocycles. The Morgan fingerprint density at radius 1 is 1.70 bits per heavy atom. The van der Waals surface area contributed by atoms with Crippen molar-refractivity contribution in [3.63, 3.8) is 0 Å². The van der Waals surface area contributed by atoms with E-state index in [1.807, 2.05) is 6.92 Å². The average molecular weight is 141 g/mol. The summed E-state index contributed by atoms with van der Waals surface area (Å²) >= 11 is 0. The van der Waals surface area contributed by atoms with Crippen LogP contribution >= 0.6 is 0 Å². The molecule has 2 heteroatoms. The van der Waals surface area contributed by atoms with Crippen molar-refractivity contribution in [1.82, 2.24) is 0 Å². The van der Waals surface area contributed by atoms with Crippen LogP contribution in [-0.4, -0.2) is 12.7 Å². The maximum absolute atomic E-state index is 9.92. The van der Waals surface area contributed by atoms with Crippen molar-refractivity contribution < 1.29 is 9.84 Å². The van der Waals surface area contributed by atoms with Crippen LogP contribution in [0.3, 0.4) is 0 Å². The Hall–Kier alpha value is -0.760. The highest BCUT2D eigenvalue weighted by Gasteiger charge is 1.87. The zero-order chi connectivity index (χ0) is 7.82. The van der Waals surface area contributed by atoms with Crippen LogP contribution in [0.2, 0.25) is 0 Å². The molecule has 1 radical (unpaired) electrons. The molecule has 0 fully saturated rings. The summed E-state index contributed by atoms with van der Waals surface area (Å²) in [6, 6.07) is 0. The van der Waals surface area contributed by atoms with E-state index in [1.165, 1.54) is 0 Å². The van der Waals surface area contributed by atoms with Crippen LogP contribution in [0.15, 0.2) is 25.0 Å². The predicted octanol–water partition coefficient (Wildman–Crippen LogP) is 1.91. The Labute approximate surface area is 61.8 Å². The largest absolute Gasteiger partial charge is 0.495 e. The first-order valence-corrected chi connectivity index (χ1v) is 3.32. The number of rotatable bonds is 5. The van der Waals surface area contributed by atoms with Crippen LogP contribution in [0.1, 0.15) is 13.3 Å². The number of hydrogen-bond donors (Lipinski definition) is 0. The van der Waals surface area contributed by atoms with Gasteiger partial charge in [-0.25, -0.2) is 5.11 Å². The molecule has 0 aromatic carbocycles. The molecule has 0 aliphatic rings. The summed E-state index contributed by atoms with van der Waals surface area (Å²) in [5.74, 6) is 0. The molecule has 0 aromatic rings. The van der Waals surface area contributed by atoms with Gasteiger partial charge in [0.15, 0.2) is 0 Å². The van der Waals surface area contributed by atoms with Crippen LogP contribution in [0, 0.1) is 0 Å². The van der Waals surface area contributed by atoms with Gasteiger partial charge in [-0.3, -0.25) is 0 Å². The summed E-state index contributed by atoms with van der Waals surface area (Å²) in [7, 11) is 0. The summed E-state index contributed by atoms with van der Waals surface area (Å²) in [5, 5.41) is 9.92. The predicted molar refractivity (Wildman–Crippen MR) is 40.1 cm³/mol. The molecule has 10 heavy (non-hydrogen) atoms. The van der Waals surface area contributed by atoms with E-state index in [1.54, 1.807) is 18.4 Å². The van der Waals surface area contributed by atoms with Crippen LogP contribution in [-0.2, 0) is 9.84 Å². The molecule has 0 spiro atoms. The number of ether oxygens (including phenoxy) is 1. The van der Waals surface area contributed by atoms with E-state index in [0.717, 1.165) is 0 Å². The third-order valence-corrected chi connectivity index (χ3v) is 1.01. The second kappa shape index (κ2) is 6.36. The highest BCUT2D eigenvalue weighted by molar-refractivity contribution is 4.80. The van der Waals surface area contributed by atoms with Gasteiger partial charge >= 0.3 is 0 Å². The first-order valence-electron chi connectivity index (χ1n) is 3.32. The van der Waals surface area contributed by atoms with Gasteiger partial charge in [-0.1, -0.05) is 12.7 Å². The summed E-state index contributed by atoms with van der Waals surface area (Å²) in [4.78, 5) is 0. The zero-order valence-electron chi connectivity index (χ0n) is 6.25. The normalized spacial score (nSPS) is 13.4. The lowest BCUT2D eigenvalue weighted by Crippen LogP contribution is -1.96. The SMILES string of the molecule is C=CC(C)OC=CCC[O]. The van der Waals surface area contributed by atoms with Crippen LogP contribution < -0.4 is 0 Å². The topological polar surface area (TPSA) is 29.1 Å². The van der Waals surface area contributed by atoms with E-state index in [0.29, 0.717) is 6.42 Å². The molecule has 0 saturated heterocycles. The van der Waals surface area contributed by atoms with Crippen molar-refractivity contribution in [3.8, 4) is 0 Å². The van der Waals surface area contributed by atoms with Gasteiger partial charge in [0, 0.05) is 0 Å². The molecule has 0 aliphatic heterocycles. The van der Waals surface area contributed by atoms with Gasteiger partial charge in [-0.05, 0) is 19.4 Å². The zero-order valence-corrected chi connectivity index (χ0v) is 6.25. The molecule has 0 bridgehead atoms. The molecular formula is C8H13O2. The van der Waals surface area contributed by atoms with E-state index >= 15 is 0 Å². The second-order valence-corrected chi connectivity index (χ2v) is 1.94. The van der Waals surface area contributed by atoms with Gasteiger partial charge in [0.2, 0.25) is 0 Å². The van der Waals surface area contributed by atoms with Crippen molar-refractivity contribution in [2.24, 2.45) is 0 Å². The lowest BCUT2D eigenvalue weighted by atomic mass is 10.4. The van der Waals surface area contributed by atoms with Gasteiger partial charge in [0.25, 0.3) is 0 Å². The molecule has 2 nitrogen and oxygen atoms in total. The Kier molecular flexibility index (Phi) is 5.88. The Morgan fingerprint density at radius 2 is 2.40 bits per heavy atom. The summed E-state index contributed by atoms with van der Waals surface area (Å²) < 4.78 is 5.06. The van der Waals surface area contributed by atoms with Gasteiger partial charge in [-0.15, -0.1) is 0 Å². The lowest BCUT2D eigenvalue weighted by Gasteiger charge is -2.03. The van der Waals surface area contributed by atoms with Gasteiger partial charge in [0.05, 0.1) is 12.9 Å². The van der Waals surface area contributed by atoms with Crippen molar-refractivity contribution in [2.45, 2.75) is 19.4 Å². The van der Waals surface area contributed by atoms with E-state index in [4.69, 9.17) is 4.74 Å². The standard InChI is InChI=1S/C8H13O2/c1-3-8(2)10-7-5-4-6-9/h3,5,7-8H,1,4,6H2,2H3. The van der Waals surface area contributed by atoms with Crippen molar-refractivity contribution in [1.29, 1.82) is 0 Å². The Balaban J connectivity index is 3.24. The maximum atomic E-state index is 9.92. The van der Waals surface area contributed by atoms with Crippen LogP contribution in [0.5, 0.6) is 0 Å². The first kappa shape index (κ1) is 9.24. The maximum Gasteiger partial charge on any atom is 0.113 e. The van der Waals surface area contributed by atoms with E-state index < -0.39 is 0 Å². The Morgan fingerprint density at radius 3 is 2.90 bits per heavy atom. The minimum atomic E-state index is -0.0810. The third-order valence-electron chi connectivity index (χ3n) is 1.01. The molecular weight excluding hydrogens is 128 g/mol. The van der Waals surface area contributed by atoms with E-state index in [9.17, 15) is 5.11 Å². The quantitative estimate of drug-likeness (QED) is 0.424. The molecule has 0 amide bonds. The molecule has 0 saturated carbocycles. The summed E-state index contributed by atoms with van der Waals surface area (Å²) in [5.41, 5.74) is 0. The van der Waals surface area contributed by atoms with Crippen molar-refractivity contribution in [2.75, 3.05) is 6.61 Å². The highest BCUT2D eigenvalue weighted by Crippen LogP contribution is 1.92. The van der Waals surface area contributed by atoms with Crippen LogP contribution in [0.25, 0.3) is 0 Å². The third kappa shape index (κ3) is 5.38. The minimum Gasteiger partial charge on any atom is -0.495 e. The summed E-state index contributed by atoms with van der Waals surface area (Å²) in [6.07, 6.45) is 5.52. The Bertz CT molecular complexity index is 108. The fraction of sp³-hybridized carbons (Fsp3) is 0.500. The van der Waals surface area contributed by atoms with Gasteiger partial charge in [0.1, 0.15) is 6.10 Å². The number of hydrogen-bond acceptors (Lipinski definition) is 1. The van der Waals surface area contributed by atoms with Gasteiger partial charge in [-0.2, -0.15) is 0 Å². The monoisotopic (exact) mass is 141 g/mol. The second-order valence-electron chi connectivity index (χ2n) is 1.94. The van der Waals surface area contributed by atoms with Crippen molar-refractivity contribution in [3.05, 3.63) is 25.0 Å². The smallest absolute Gasteiger partial charge is 0.113 e. The fourth-order valence-electron chi connectivity index (χ4n) is 0.371. The molecule has 0 aromatic heterocycles. The molecule has 57 valence electrons. The van der Waals surface area contributed by atoms with Crippen LogP contribution in [0.4, 0.5) is 0 Å². The first-order chi connectivity index (χ1) is 4.81. The minimum absolute atomic E-state index is 0.0305.